The number of fused-ring (bicyclic) bond motifs is 1. The van der Waals surface area contributed by atoms with Crippen molar-refractivity contribution >= 4 is 0 Å². The van der Waals surface area contributed by atoms with E-state index in [4.69, 9.17) is 5.53 Å². The van der Waals surface area contributed by atoms with Crippen molar-refractivity contribution in [3.8, 4) is 0 Å². The third-order valence-electron chi connectivity index (χ3n) is 3.25. The van der Waals surface area contributed by atoms with Crippen molar-refractivity contribution in [3.63, 3.8) is 0 Å². The van der Waals surface area contributed by atoms with Gasteiger partial charge in [-0.05, 0) is 44.3 Å². The maximum atomic E-state index is 8.45. The predicted octanol–water partition coefficient (Wildman–Crippen LogP) is 2.31. The first kappa shape index (κ1) is 8.85. The molecule has 4 nitrogen and oxygen atoms in total. The molecule has 2 saturated heterocycles. The summed E-state index contributed by atoms with van der Waals surface area (Å²) in [7, 11) is 0. The van der Waals surface area contributed by atoms with E-state index in [1.165, 1.54) is 38.8 Å². The Morgan fingerprint density at radius 3 is 2.85 bits per heavy atom. The topological polar surface area (TPSA) is 52.0 Å². The van der Waals surface area contributed by atoms with Crippen LogP contribution in [0.1, 0.15) is 32.1 Å². The van der Waals surface area contributed by atoms with E-state index in [2.05, 4.69) is 14.9 Å². The van der Waals surface area contributed by atoms with Crippen LogP contribution in [0.15, 0.2) is 5.11 Å². The lowest BCUT2D eigenvalue weighted by molar-refractivity contribution is 0.0915. The molecule has 0 aromatic carbocycles. The molecule has 1 unspecified atom stereocenters. The molecule has 0 aromatic rings. The van der Waals surface area contributed by atoms with E-state index in [-0.39, 0.29) is 6.04 Å². The van der Waals surface area contributed by atoms with Crippen LogP contribution in [-0.2, 0) is 0 Å². The van der Waals surface area contributed by atoms with Crippen molar-refractivity contribution < 1.29 is 0 Å². The molecule has 2 rings (SSSR count). The highest BCUT2D eigenvalue weighted by Gasteiger charge is 2.31. The minimum atomic E-state index is 0.249. The number of nitrogens with zero attached hydrogens (tertiary/aromatic N) is 4. The zero-order valence-corrected chi connectivity index (χ0v) is 7.89. The lowest BCUT2D eigenvalue weighted by Gasteiger charge is -2.42. The molecule has 0 N–H and O–H groups in total. The molecule has 0 aliphatic carbocycles. The summed E-state index contributed by atoms with van der Waals surface area (Å²) in [4.78, 5) is 5.46. The van der Waals surface area contributed by atoms with Gasteiger partial charge in [0.15, 0.2) is 0 Å². The fraction of sp³-hybridized carbons (Fsp3) is 1.00. The zero-order valence-electron chi connectivity index (χ0n) is 7.89. The van der Waals surface area contributed by atoms with E-state index >= 15 is 0 Å². The summed E-state index contributed by atoms with van der Waals surface area (Å²) in [6.07, 6.45) is 6.13. The molecule has 0 bridgehead atoms. The summed E-state index contributed by atoms with van der Waals surface area (Å²) >= 11 is 0. The molecule has 0 saturated carbocycles. The van der Waals surface area contributed by atoms with Crippen LogP contribution < -0.4 is 0 Å². The Morgan fingerprint density at radius 2 is 2.00 bits per heavy atom. The van der Waals surface area contributed by atoms with Crippen LogP contribution in [0, 0.1) is 0 Å². The Morgan fingerprint density at radius 1 is 1.15 bits per heavy atom. The second kappa shape index (κ2) is 3.99. The maximum Gasteiger partial charge on any atom is 0.0530 e. The van der Waals surface area contributed by atoms with Crippen molar-refractivity contribution in [2.45, 2.75) is 44.2 Å². The largest absolute Gasteiger partial charge is 0.300 e. The van der Waals surface area contributed by atoms with Crippen LogP contribution in [0.5, 0.6) is 0 Å². The third-order valence-corrected chi connectivity index (χ3v) is 3.25. The van der Waals surface area contributed by atoms with E-state index in [9.17, 15) is 0 Å². The van der Waals surface area contributed by atoms with E-state index in [1.54, 1.807) is 0 Å². The van der Waals surface area contributed by atoms with Crippen LogP contribution in [0.4, 0.5) is 0 Å². The molecule has 2 fully saturated rings. The van der Waals surface area contributed by atoms with Crippen molar-refractivity contribution in [1.82, 2.24) is 4.90 Å². The molecule has 0 spiro atoms. The van der Waals surface area contributed by atoms with Gasteiger partial charge in [-0.2, -0.15) is 0 Å². The van der Waals surface area contributed by atoms with Gasteiger partial charge >= 0.3 is 0 Å². The SMILES string of the molecule is [N-]=[N+]=NC1CCCN2CCCC[C@H]12. The van der Waals surface area contributed by atoms with Gasteiger partial charge in [-0.15, -0.1) is 0 Å². The lowest BCUT2D eigenvalue weighted by Crippen LogP contribution is -2.49. The van der Waals surface area contributed by atoms with Gasteiger partial charge in [0.1, 0.15) is 0 Å². The molecule has 2 aliphatic heterocycles. The average molecular weight is 180 g/mol. The summed E-state index contributed by atoms with van der Waals surface area (Å²) in [5.74, 6) is 0. The standard InChI is InChI=1S/C9H16N4/c10-12-11-8-4-3-7-13-6-2-1-5-9(8)13/h8-9H,1-7H2/t8?,9-/m1/s1. The summed E-state index contributed by atoms with van der Waals surface area (Å²) in [5, 5.41) is 3.91. The smallest absolute Gasteiger partial charge is 0.0530 e. The molecule has 72 valence electrons. The summed E-state index contributed by atoms with van der Waals surface area (Å²) in [6, 6.07) is 0.803. The van der Waals surface area contributed by atoms with E-state index in [0.717, 1.165) is 6.42 Å². The minimum Gasteiger partial charge on any atom is -0.300 e. The highest BCUT2D eigenvalue weighted by Crippen LogP contribution is 2.28. The number of piperidine rings is 2. The average Bonchev–Trinajstić information content (AvgIpc) is 2.19. The summed E-state index contributed by atoms with van der Waals surface area (Å²) < 4.78 is 0. The van der Waals surface area contributed by atoms with Crippen molar-refractivity contribution in [2.24, 2.45) is 5.11 Å². The summed E-state index contributed by atoms with van der Waals surface area (Å²) in [5.41, 5.74) is 8.45. The predicted molar refractivity (Wildman–Crippen MR) is 51.4 cm³/mol. The van der Waals surface area contributed by atoms with Gasteiger partial charge in [0.25, 0.3) is 0 Å². The monoisotopic (exact) mass is 180 g/mol. The van der Waals surface area contributed by atoms with Gasteiger partial charge in [0.05, 0.1) is 6.04 Å². The van der Waals surface area contributed by atoms with Crippen LogP contribution >= 0.6 is 0 Å². The van der Waals surface area contributed by atoms with Crippen molar-refractivity contribution in [3.05, 3.63) is 10.4 Å². The Labute approximate surface area is 78.5 Å². The number of rotatable bonds is 1. The van der Waals surface area contributed by atoms with Gasteiger partial charge < -0.3 is 0 Å². The lowest BCUT2D eigenvalue weighted by atomic mass is 9.89. The third kappa shape index (κ3) is 1.79. The highest BCUT2D eigenvalue weighted by molar-refractivity contribution is 4.91. The van der Waals surface area contributed by atoms with Crippen LogP contribution in [-0.4, -0.2) is 30.1 Å². The molecule has 0 radical (unpaired) electrons. The van der Waals surface area contributed by atoms with Gasteiger partial charge in [-0.1, -0.05) is 11.5 Å². The minimum absolute atomic E-state index is 0.249. The fourth-order valence-electron chi connectivity index (χ4n) is 2.63. The summed E-state index contributed by atoms with van der Waals surface area (Å²) in [6.45, 7) is 2.42. The van der Waals surface area contributed by atoms with Crippen LogP contribution in [0.2, 0.25) is 0 Å². The number of hydrogen-bond donors (Lipinski definition) is 0. The van der Waals surface area contributed by atoms with Crippen LogP contribution in [0.3, 0.4) is 0 Å². The molecular formula is C9H16N4. The molecule has 0 aromatic heterocycles. The quantitative estimate of drug-likeness (QED) is 0.347. The van der Waals surface area contributed by atoms with E-state index < -0.39 is 0 Å². The Hall–Kier alpha value is -0.730. The van der Waals surface area contributed by atoms with E-state index in [0.29, 0.717) is 6.04 Å². The highest BCUT2D eigenvalue weighted by atomic mass is 15.2. The Kier molecular flexibility index (Phi) is 2.71. The van der Waals surface area contributed by atoms with Gasteiger partial charge in [0, 0.05) is 11.0 Å². The van der Waals surface area contributed by atoms with Gasteiger partial charge in [-0.25, -0.2) is 0 Å². The molecule has 2 atom stereocenters. The van der Waals surface area contributed by atoms with E-state index in [1.807, 2.05) is 0 Å². The molecule has 4 heteroatoms. The molecule has 0 amide bonds. The first-order valence-corrected chi connectivity index (χ1v) is 5.20. The first-order chi connectivity index (χ1) is 6.42. The van der Waals surface area contributed by atoms with Gasteiger partial charge in [-0.3, -0.25) is 4.90 Å². The Bertz CT molecular complexity index is 220. The molecule has 13 heavy (non-hydrogen) atoms. The molecule has 2 heterocycles. The second-order valence-electron chi connectivity index (χ2n) is 4.01. The normalized spacial score (nSPS) is 34.8. The maximum absolute atomic E-state index is 8.45. The number of azide groups is 1. The Balaban J connectivity index is 2.06. The number of hydrogen-bond acceptors (Lipinski definition) is 2. The van der Waals surface area contributed by atoms with Gasteiger partial charge in [0.2, 0.25) is 0 Å². The molecular weight excluding hydrogens is 164 g/mol. The van der Waals surface area contributed by atoms with Crippen molar-refractivity contribution in [1.29, 1.82) is 0 Å². The zero-order chi connectivity index (χ0) is 9.10. The first-order valence-electron chi connectivity index (χ1n) is 5.20. The van der Waals surface area contributed by atoms with Crippen molar-refractivity contribution in [2.75, 3.05) is 13.1 Å². The van der Waals surface area contributed by atoms with Crippen LogP contribution in [0.25, 0.3) is 10.4 Å². The fourth-order valence-corrected chi connectivity index (χ4v) is 2.63. The second-order valence-corrected chi connectivity index (χ2v) is 4.01. The molecule has 2 aliphatic rings.